The quantitative estimate of drug-likeness (QED) is 0.0338. The largest absolute Gasteiger partial charge is 0.490 e. The minimum atomic E-state index is -1.24. The van der Waals surface area contributed by atoms with E-state index in [4.69, 9.17) is 14.2 Å². The molecule has 1 aliphatic heterocycles. The normalized spacial score (nSPS) is 14.6. The number of ether oxygens (including phenoxy) is 3. The van der Waals surface area contributed by atoms with Crippen molar-refractivity contribution in [2.45, 2.75) is 26.1 Å². The Kier molecular flexibility index (Phi) is 11.3. The molecular formula is C40H38N6O8. The van der Waals surface area contributed by atoms with Crippen LogP contribution in [0, 0.1) is 10.1 Å². The van der Waals surface area contributed by atoms with Crippen molar-refractivity contribution < 1.29 is 33.8 Å². The second-order valence-electron chi connectivity index (χ2n) is 12.1. The Labute approximate surface area is 310 Å². The summed E-state index contributed by atoms with van der Waals surface area (Å²) in [5.74, 6) is 0.0760. The van der Waals surface area contributed by atoms with Crippen molar-refractivity contribution in [3.8, 4) is 39.7 Å². The number of allylic oxidation sites excluding steroid dienone is 1. The summed E-state index contributed by atoms with van der Waals surface area (Å²) in [5, 5.41) is 32.0. The number of aliphatic hydroxyl groups excluding tert-OH is 1. The van der Waals surface area contributed by atoms with Crippen molar-refractivity contribution in [1.29, 1.82) is 0 Å². The van der Waals surface area contributed by atoms with Crippen molar-refractivity contribution >= 4 is 23.9 Å². The second kappa shape index (κ2) is 16.6. The van der Waals surface area contributed by atoms with Crippen LogP contribution < -0.4 is 25.5 Å². The van der Waals surface area contributed by atoms with E-state index in [0.29, 0.717) is 40.6 Å². The predicted octanol–water partition coefficient (Wildman–Crippen LogP) is 6.24. The number of hydrazone groups is 1. The zero-order chi connectivity index (χ0) is 38.2. The van der Waals surface area contributed by atoms with E-state index in [9.17, 15) is 24.8 Å². The lowest BCUT2D eigenvalue weighted by atomic mass is 9.95. The van der Waals surface area contributed by atoms with E-state index in [1.807, 2.05) is 71.3 Å². The average molecular weight is 731 g/mol. The second-order valence-corrected chi connectivity index (χ2v) is 12.1. The van der Waals surface area contributed by atoms with E-state index in [0.717, 1.165) is 22.5 Å². The summed E-state index contributed by atoms with van der Waals surface area (Å²) in [6, 6.07) is 31.5. The van der Waals surface area contributed by atoms with E-state index in [2.05, 4.69) is 21.2 Å². The fourth-order valence-electron chi connectivity index (χ4n) is 6.15. The van der Waals surface area contributed by atoms with E-state index >= 15 is 0 Å². The van der Waals surface area contributed by atoms with Gasteiger partial charge in [-0.15, -0.1) is 0 Å². The van der Waals surface area contributed by atoms with E-state index in [1.54, 1.807) is 50.4 Å². The molecule has 0 saturated carbocycles. The van der Waals surface area contributed by atoms with E-state index < -0.39 is 29.2 Å². The van der Waals surface area contributed by atoms with Crippen molar-refractivity contribution in [2.75, 3.05) is 20.3 Å². The Morgan fingerprint density at radius 3 is 2.31 bits per heavy atom. The molecular weight excluding hydrogens is 692 g/mol. The molecule has 1 aliphatic rings. The number of nitro groups is 1. The first-order valence-corrected chi connectivity index (χ1v) is 17.0. The van der Waals surface area contributed by atoms with Gasteiger partial charge in [-0.2, -0.15) is 5.10 Å². The number of hydrogen-bond donors (Lipinski definition) is 4. The van der Waals surface area contributed by atoms with Crippen molar-refractivity contribution in [3.63, 3.8) is 0 Å². The lowest BCUT2D eigenvalue weighted by molar-refractivity contribution is -0.384. The number of hydrogen-bond acceptors (Lipinski definition) is 10. The maximum atomic E-state index is 12.6. The van der Waals surface area contributed by atoms with Gasteiger partial charge in [0, 0.05) is 29.1 Å². The molecule has 4 aromatic carbocycles. The third-order valence-electron chi connectivity index (χ3n) is 8.56. The molecule has 54 heavy (non-hydrogen) atoms. The highest BCUT2D eigenvalue weighted by molar-refractivity contribution is 5.95. The third-order valence-corrected chi connectivity index (χ3v) is 8.56. The summed E-state index contributed by atoms with van der Waals surface area (Å²) in [6.45, 7) is 3.52. The number of carbonyl (C=O) groups is 2. The molecule has 0 unspecified atom stereocenters. The Morgan fingerprint density at radius 2 is 1.67 bits per heavy atom. The van der Waals surface area contributed by atoms with Crippen molar-refractivity contribution in [3.05, 3.63) is 142 Å². The molecule has 6 rings (SSSR count). The van der Waals surface area contributed by atoms with Crippen LogP contribution in [-0.4, -0.2) is 59.4 Å². The molecule has 2 atom stereocenters. The predicted molar refractivity (Wildman–Crippen MR) is 202 cm³/mol. The van der Waals surface area contributed by atoms with Crippen LogP contribution in [0.3, 0.4) is 0 Å². The molecule has 2 amide bonds. The van der Waals surface area contributed by atoms with Crippen LogP contribution in [0.1, 0.15) is 31.0 Å². The van der Waals surface area contributed by atoms with E-state index in [1.165, 1.54) is 19.2 Å². The number of rotatable bonds is 14. The van der Waals surface area contributed by atoms with Gasteiger partial charge in [0.2, 0.25) is 0 Å². The van der Waals surface area contributed by atoms with Gasteiger partial charge in [-0.05, 0) is 60.9 Å². The minimum Gasteiger partial charge on any atom is -0.490 e. The van der Waals surface area contributed by atoms with Gasteiger partial charge in [0.25, 0.3) is 5.69 Å². The number of benzene rings is 4. The molecule has 0 radical (unpaired) electrons. The Balaban J connectivity index is 1.25. The number of aromatic nitrogens is 1. The lowest BCUT2D eigenvalue weighted by Gasteiger charge is -2.28. The topological polar surface area (TPSA) is 179 Å². The fourth-order valence-corrected chi connectivity index (χ4v) is 6.15. The minimum absolute atomic E-state index is 0.0184. The Bertz CT molecular complexity index is 2200. The van der Waals surface area contributed by atoms with Gasteiger partial charge >= 0.3 is 12.0 Å². The molecule has 0 spiro atoms. The SMILES string of the molecule is CCOc1cc([C@@H]2NC(=O)NC(C)=C2C(=O)OC)ccc1OC[C@@H](O)N/N=C/c1cc(-c2ccccc2)n(-c2ccc([N+](=O)[O-])cc2)c1-c1ccccc1. The zero-order valence-corrected chi connectivity index (χ0v) is 29.7. The molecule has 14 nitrogen and oxygen atoms in total. The van der Waals surface area contributed by atoms with Crippen LogP contribution in [0.4, 0.5) is 10.5 Å². The molecule has 276 valence electrons. The highest BCUT2D eigenvalue weighted by atomic mass is 16.6. The van der Waals surface area contributed by atoms with Crippen LogP contribution in [0.15, 0.2) is 126 Å². The summed E-state index contributed by atoms with van der Waals surface area (Å²) in [6.07, 6.45) is 0.364. The first-order chi connectivity index (χ1) is 26.2. The number of carbonyl (C=O) groups excluding carboxylic acids is 2. The molecule has 0 saturated heterocycles. The summed E-state index contributed by atoms with van der Waals surface area (Å²) in [5.41, 5.74) is 8.73. The number of esters is 1. The number of amides is 2. The summed E-state index contributed by atoms with van der Waals surface area (Å²) < 4.78 is 18.7. The summed E-state index contributed by atoms with van der Waals surface area (Å²) in [4.78, 5) is 35.8. The van der Waals surface area contributed by atoms with Crippen LogP contribution in [0.25, 0.3) is 28.2 Å². The maximum Gasteiger partial charge on any atom is 0.337 e. The molecule has 14 heteroatoms. The summed E-state index contributed by atoms with van der Waals surface area (Å²) in [7, 11) is 1.27. The first kappa shape index (κ1) is 36.8. The third kappa shape index (κ3) is 8.08. The Morgan fingerprint density at radius 1 is 0.981 bits per heavy atom. The smallest absolute Gasteiger partial charge is 0.337 e. The molecule has 2 heterocycles. The molecule has 5 aromatic rings. The van der Waals surface area contributed by atoms with Crippen molar-refractivity contribution in [1.82, 2.24) is 20.6 Å². The molecule has 0 fully saturated rings. The lowest BCUT2D eigenvalue weighted by Crippen LogP contribution is -2.45. The highest BCUT2D eigenvalue weighted by Crippen LogP contribution is 2.37. The number of non-ortho nitro benzene ring substituents is 1. The molecule has 0 bridgehead atoms. The molecule has 1 aromatic heterocycles. The van der Waals surface area contributed by atoms with Gasteiger partial charge < -0.3 is 34.5 Å². The van der Waals surface area contributed by atoms with Crippen LogP contribution in [0.2, 0.25) is 0 Å². The van der Waals surface area contributed by atoms with Crippen molar-refractivity contribution in [2.24, 2.45) is 5.10 Å². The molecule has 0 aliphatic carbocycles. The van der Waals surface area contributed by atoms with Crippen LogP contribution >= 0.6 is 0 Å². The number of nitrogens with zero attached hydrogens (tertiary/aromatic N) is 3. The van der Waals surface area contributed by atoms with Gasteiger partial charge in [-0.25, -0.2) is 9.59 Å². The van der Waals surface area contributed by atoms with Gasteiger partial charge in [0.05, 0.1) is 47.9 Å². The number of nitro benzene ring substituents is 1. The monoisotopic (exact) mass is 730 g/mol. The van der Waals surface area contributed by atoms with Gasteiger partial charge in [-0.3, -0.25) is 15.5 Å². The zero-order valence-electron chi connectivity index (χ0n) is 29.7. The summed E-state index contributed by atoms with van der Waals surface area (Å²) >= 11 is 0. The first-order valence-electron chi connectivity index (χ1n) is 17.0. The van der Waals surface area contributed by atoms with Crippen LogP contribution in [-0.2, 0) is 9.53 Å². The standard InChI is InChI=1S/C40H38N6O8/c1-4-53-34-22-28(37-36(39(48)52-3)25(2)42-40(49)43-37)15-20-33(34)54-24-35(47)44-41-23-29-21-32(26-11-7-5-8-12-26)45(38(29)27-13-9-6-10-14-27)30-16-18-31(19-17-30)46(50)51/h5-23,35,37,44,47H,4,24H2,1-3H3,(H2,42,43,49)/b41-23+/t35-,37+/m1/s1. The fraction of sp³-hybridized carbons (Fsp3) is 0.175. The Hall–Kier alpha value is -6.93. The van der Waals surface area contributed by atoms with E-state index in [-0.39, 0.29) is 17.9 Å². The highest BCUT2D eigenvalue weighted by Gasteiger charge is 2.32. The number of aliphatic hydroxyl groups is 1. The maximum absolute atomic E-state index is 12.6. The van der Waals surface area contributed by atoms with Crippen LogP contribution in [0.5, 0.6) is 11.5 Å². The average Bonchev–Trinajstić information content (AvgIpc) is 3.57. The van der Waals surface area contributed by atoms with Gasteiger partial charge in [-0.1, -0.05) is 66.7 Å². The number of nitrogens with one attached hydrogen (secondary N) is 3. The van der Waals surface area contributed by atoms with Gasteiger partial charge in [0.1, 0.15) is 6.61 Å². The molecule has 4 N–H and O–H groups in total. The number of methoxy groups -OCH3 is 1. The van der Waals surface area contributed by atoms with Gasteiger partial charge in [0.15, 0.2) is 17.7 Å². The number of urea groups is 1.